The van der Waals surface area contributed by atoms with Crippen molar-refractivity contribution in [3.8, 4) is 0 Å². The zero-order valence-corrected chi connectivity index (χ0v) is 8.05. The first kappa shape index (κ1) is 9.05. The van der Waals surface area contributed by atoms with E-state index in [1.54, 1.807) is 24.3 Å². The van der Waals surface area contributed by atoms with Gasteiger partial charge in [0.15, 0.2) is 17.8 Å². The van der Waals surface area contributed by atoms with Gasteiger partial charge in [-0.2, -0.15) is 0 Å². The number of rotatable bonds is 1. The van der Waals surface area contributed by atoms with E-state index in [1.807, 2.05) is 0 Å². The van der Waals surface area contributed by atoms with Gasteiger partial charge in [-0.3, -0.25) is 0 Å². The minimum atomic E-state index is -1.06. The van der Waals surface area contributed by atoms with E-state index in [4.69, 9.17) is 11.6 Å². The summed E-state index contributed by atoms with van der Waals surface area (Å²) in [7, 11) is 0. The Hall–Kier alpha value is -0.520. The van der Waals surface area contributed by atoms with Crippen molar-refractivity contribution in [2.75, 3.05) is 0 Å². The van der Waals surface area contributed by atoms with Gasteiger partial charge in [-0.05, 0) is 24.3 Å². The molecule has 5 heteroatoms. The lowest BCUT2D eigenvalue weighted by molar-refractivity contribution is -0.483. The van der Waals surface area contributed by atoms with Crippen molar-refractivity contribution in [3.05, 3.63) is 39.7 Å². The maximum Gasteiger partial charge on any atom is 0.263 e. The van der Waals surface area contributed by atoms with Crippen molar-refractivity contribution in [2.24, 2.45) is 0 Å². The number of hydrogen-bond acceptors (Lipinski definition) is 1. The molecule has 0 bridgehead atoms. The molecule has 13 heavy (non-hydrogen) atoms. The molecule has 0 aromatic heterocycles. The van der Waals surface area contributed by atoms with Crippen molar-refractivity contribution in [1.29, 1.82) is 0 Å². The van der Waals surface area contributed by atoms with Crippen LogP contribution in [-0.2, 0) is 11.5 Å². The summed E-state index contributed by atoms with van der Waals surface area (Å²) in [5.74, 6) is 0. The molecule has 0 radical (unpaired) electrons. The van der Waals surface area contributed by atoms with Crippen molar-refractivity contribution in [2.45, 2.75) is 6.29 Å². The third-order valence-corrected chi connectivity index (χ3v) is 2.71. The third-order valence-electron chi connectivity index (χ3n) is 1.64. The Balaban J connectivity index is 2.30. The Bertz CT molecular complexity index is 339. The molecule has 0 fully saturated rings. The predicted molar refractivity (Wildman–Crippen MR) is 52.3 cm³/mol. The van der Waals surface area contributed by atoms with E-state index < -0.39 is 6.29 Å². The number of halogens is 1. The molecule has 1 heterocycles. The minimum Gasteiger partial charge on any atom is -0.781 e. The zero-order chi connectivity index (χ0) is 9.26. The van der Waals surface area contributed by atoms with Crippen LogP contribution in [0.15, 0.2) is 24.3 Å². The smallest absolute Gasteiger partial charge is 0.263 e. The van der Waals surface area contributed by atoms with Crippen LogP contribution in [0.3, 0.4) is 0 Å². The molecule has 1 atom stereocenters. The Labute approximate surface area is 84.3 Å². The van der Waals surface area contributed by atoms with Gasteiger partial charge in [-0.25, -0.2) is 0 Å². The fourth-order valence-electron chi connectivity index (χ4n) is 1.02. The Morgan fingerprint density at radius 2 is 2.08 bits per heavy atom. The highest BCUT2D eigenvalue weighted by molar-refractivity contribution is 7.81. The average Bonchev–Trinajstić information content (AvgIpc) is 2.53. The van der Waals surface area contributed by atoms with Crippen LogP contribution in [-0.4, -0.2) is 16.0 Å². The van der Waals surface area contributed by atoms with E-state index in [1.165, 1.54) is 0 Å². The first-order valence-electron chi connectivity index (χ1n) is 3.63. The molecule has 2 rings (SSSR count). The summed E-state index contributed by atoms with van der Waals surface area (Å²) in [5, 5.41) is 11.8. The first-order valence-corrected chi connectivity index (χ1v) is 4.78. The largest absolute Gasteiger partial charge is 0.781 e. The molecule has 68 valence electrons. The zero-order valence-electron chi connectivity index (χ0n) is 6.48. The molecule has 1 aliphatic heterocycles. The summed E-state index contributed by atoms with van der Waals surface area (Å²) in [6, 6.07) is 7.09. The third kappa shape index (κ3) is 1.87. The fourth-order valence-corrected chi connectivity index (χ4v) is 1.74. The molecule has 0 saturated carbocycles. The van der Waals surface area contributed by atoms with Gasteiger partial charge in [0.25, 0.3) is 4.86 Å². The maximum absolute atomic E-state index is 11.2. The van der Waals surface area contributed by atoms with Crippen LogP contribution in [0.4, 0.5) is 0 Å². The van der Waals surface area contributed by atoms with Crippen LogP contribution in [0.2, 0.25) is 5.02 Å². The number of hydrogen-bond donors (Lipinski definition) is 0. The van der Waals surface area contributed by atoms with Crippen LogP contribution in [0.5, 0.6) is 0 Å². The maximum atomic E-state index is 11.2. The molecule has 1 aromatic carbocycles. The molecule has 3 nitrogen and oxygen atoms in total. The van der Waals surface area contributed by atoms with Crippen LogP contribution in [0.1, 0.15) is 5.56 Å². The van der Waals surface area contributed by atoms with Gasteiger partial charge in [0.1, 0.15) is 0 Å². The second-order valence-electron chi connectivity index (χ2n) is 2.51. The second kappa shape index (κ2) is 3.69. The summed E-state index contributed by atoms with van der Waals surface area (Å²) in [5.41, 5.74) is 0.847. The lowest BCUT2D eigenvalue weighted by atomic mass is 10.1. The predicted octanol–water partition coefficient (Wildman–Crippen LogP) is 0.375. The van der Waals surface area contributed by atoms with Gasteiger partial charge < -0.3 is 9.94 Å². The fraction of sp³-hybridized carbons (Fsp3) is 0.125. The van der Waals surface area contributed by atoms with Gasteiger partial charge in [-0.1, -0.05) is 16.5 Å². The van der Waals surface area contributed by atoms with E-state index in [9.17, 15) is 5.11 Å². The second-order valence-corrected chi connectivity index (χ2v) is 3.73. The normalized spacial score (nSPS) is 21.7. The van der Waals surface area contributed by atoms with Crippen LogP contribution < -0.4 is 5.11 Å². The summed E-state index contributed by atoms with van der Waals surface area (Å²) < 4.78 is 0. The van der Waals surface area contributed by atoms with Gasteiger partial charge in [0.05, 0.1) is 0 Å². The lowest BCUT2D eigenvalue weighted by Crippen LogP contribution is -2.35. The van der Waals surface area contributed by atoms with Crippen molar-refractivity contribution in [1.82, 2.24) is 0 Å². The Kier molecular flexibility index (Phi) is 2.57. The summed E-state index contributed by atoms with van der Waals surface area (Å²) >= 11 is 6.84. The van der Waals surface area contributed by atoms with Gasteiger partial charge >= 0.3 is 0 Å². The molecule has 1 N–H and O–H groups in total. The first-order chi connectivity index (χ1) is 6.27. The average molecular weight is 216 g/mol. The highest BCUT2D eigenvalue weighted by Crippen LogP contribution is 2.14. The van der Waals surface area contributed by atoms with Crippen LogP contribution >= 0.6 is 11.6 Å². The highest BCUT2D eigenvalue weighted by Gasteiger charge is 2.23. The number of benzene rings is 1. The lowest BCUT2D eigenvalue weighted by Gasteiger charge is -2.09. The van der Waals surface area contributed by atoms with Gasteiger partial charge in [-0.15, -0.1) is 0 Å². The topological polar surface area (TPSA) is 50.0 Å². The summed E-state index contributed by atoms with van der Waals surface area (Å²) in [6.07, 6.45) is -1.06. The molecule has 0 aliphatic carbocycles. The van der Waals surface area contributed by atoms with Gasteiger partial charge in [0, 0.05) is 10.6 Å². The summed E-state index contributed by atoms with van der Waals surface area (Å²) in [6.45, 7) is 0. The van der Waals surface area contributed by atoms with Crippen LogP contribution in [0.25, 0.3) is 4.89 Å². The molecular formula is C8H6ClNO2S. The molecule has 1 aliphatic rings. The van der Waals surface area contributed by atoms with Gasteiger partial charge in [0.2, 0.25) is 0 Å². The molecule has 1 aromatic rings. The van der Waals surface area contributed by atoms with E-state index in [0.29, 0.717) is 9.89 Å². The van der Waals surface area contributed by atoms with E-state index in [-0.39, 0.29) is 0 Å². The molecule has 0 saturated heterocycles. The van der Waals surface area contributed by atoms with Crippen molar-refractivity contribution >= 4 is 28.0 Å². The van der Waals surface area contributed by atoms with E-state index in [0.717, 1.165) is 17.1 Å². The quantitative estimate of drug-likeness (QED) is 0.380. The van der Waals surface area contributed by atoms with E-state index in [2.05, 4.69) is 9.72 Å². The highest BCUT2D eigenvalue weighted by atomic mass is 35.5. The SMILES string of the molecule is [O-]C1[OH+][N-][S+]=C1c1ccc(Cl)cc1. The van der Waals surface area contributed by atoms with Crippen molar-refractivity contribution in [3.63, 3.8) is 0 Å². The summed E-state index contributed by atoms with van der Waals surface area (Å²) in [4.78, 5) is 7.72. The molecule has 0 amide bonds. The van der Waals surface area contributed by atoms with Crippen LogP contribution in [0, 0.1) is 0 Å². The standard InChI is InChI=1S/C8H6ClNO2S/c9-6-3-1-5(2-4-6)7-8(11)12-10-13-7/h1-4,8,12H. The number of aliphatic hydroxyl groups is 1. The minimum absolute atomic E-state index is 0.636. The van der Waals surface area contributed by atoms with E-state index >= 15 is 0 Å². The monoisotopic (exact) mass is 215 g/mol. The Morgan fingerprint density at radius 3 is 2.62 bits per heavy atom. The van der Waals surface area contributed by atoms with Crippen molar-refractivity contribution < 1.29 is 9.94 Å². The Morgan fingerprint density at radius 1 is 1.38 bits per heavy atom. The molecule has 1 unspecified atom stereocenters. The molecule has 0 spiro atoms. The molecular weight excluding hydrogens is 210 g/mol. The number of nitrogens with zero attached hydrogens (tertiary/aromatic N) is 1.